The lowest BCUT2D eigenvalue weighted by Crippen LogP contribution is -2.29. The highest BCUT2D eigenvalue weighted by Crippen LogP contribution is 2.30. The van der Waals surface area contributed by atoms with E-state index in [0.29, 0.717) is 0 Å². The number of carbonyl (C=O) groups is 1. The van der Waals surface area contributed by atoms with E-state index in [-0.39, 0.29) is 29.8 Å². The third-order valence-corrected chi connectivity index (χ3v) is 4.73. The van der Waals surface area contributed by atoms with Crippen LogP contribution in [0.25, 0.3) is 0 Å². The van der Waals surface area contributed by atoms with Crippen molar-refractivity contribution in [2.75, 3.05) is 5.32 Å². The minimum atomic E-state index is -0.345. The lowest BCUT2D eigenvalue weighted by molar-refractivity contribution is -0.124. The van der Waals surface area contributed by atoms with Gasteiger partial charge < -0.3 is 11.1 Å². The highest BCUT2D eigenvalue weighted by atomic mass is 35.5. The lowest BCUT2D eigenvalue weighted by atomic mass is 9.89. The zero-order valence-corrected chi connectivity index (χ0v) is 13.3. The summed E-state index contributed by atoms with van der Waals surface area (Å²) < 4.78 is 0. The Morgan fingerprint density at radius 2 is 2.26 bits per heavy atom. The maximum absolute atomic E-state index is 12.1. The van der Waals surface area contributed by atoms with E-state index < -0.39 is 0 Å². The van der Waals surface area contributed by atoms with Crippen molar-refractivity contribution in [3.05, 3.63) is 10.6 Å². The van der Waals surface area contributed by atoms with Crippen molar-refractivity contribution in [1.82, 2.24) is 4.98 Å². The Bertz CT molecular complexity index is 459. The number of nitrogens with zero attached hydrogens (tertiary/aromatic N) is 1. The van der Waals surface area contributed by atoms with Crippen molar-refractivity contribution in [2.45, 2.75) is 52.5 Å². The molecule has 0 spiro atoms. The fraction of sp³-hybridized carbons (Fsp3) is 0.692. The molecule has 1 aliphatic carbocycles. The minimum Gasteiger partial charge on any atom is -0.327 e. The maximum atomic E-state index is 12.1. The largest absolute Gasteiger partial charge is 0.327 e. The molecule has 0 aliphatic heterocycles. The van der Waals surface area contributed by atoms with Gasteiger partial charge in [0.25, 0.3) is 0 Å². The second-order valence-electron chi connectivity index (χ2n) is 5.58. The molecule has 1 atom stereocenters. The zero-order valence-electron chi connectivity index (χ0n) is 11.7. The molecule has 1 aliphatic rings. The Morgan fingerprint density at radius 3 is 2.89 bits per heavy atom. The monoisotopic (exact) mass is 303 g/mol. The Kier molecular flexibility index (Phi) is 5.35. The molecule has 4 nitrogen and oxygen atoms in total. The van der Waals surface area contributed by atoms with Crippen LogP contribution in [-0.4, -0.2) is 16.9 Å². The van der Waals surface area contributed by atoms with Crippen LogP contribution in [0.2, 0.25) is 0 Å². The number of hydrogen-bond donors (Lipinski definition) is 2. The van der Waals surface area contributed by atoms with Gasteiger partial charge in [0.2, 0.25) is 5.91 Å². The van der Waals surface area contributed by atoms with Crippen LogP contribution in [-0.2, 0) is 17.6 Å². The summed E-state index contributed by atoms with van der Waals surface area (Å²) >= 11 is 1.57. The summed E-state index contributed by atoms with van der Waals surface area (Å²) in [7, 11) is 0. The van der Waals surface area contributed by atoms with E-state index in [1.165, 1.54) is 4.88 Å². The molecule has 19 heavy (non-hydrogen) atoms. The second kappa shape index (κ2) is 6.20. The van der Waals surface area contributed by atoms with Crippen LogP contribution in [0.1, 0.15) is 44.2 Å². The molecule has 0 bridgehead atoms. The Balaban J connectivity index is 0.00000180. The van der Waals surface area contributed by atoms with E-state index in [0.717, 1.165) is 36.5 Å². The Hall–Kier alpha value is -0.650. The lowest BCUT2D eigenvalue weighted by Gasteiger charge is -2.20. The molecule has 0 saturated carbocycles. The van der Waals surface area contributed by atoms with Crippen LogP contribution in [0.3, 0.4) is 0 Å². The van der Waals surface area contributed by atoms with Crippen LogP contribution in [0.4, 0.5) is 5.13 Å². The van der Waals surface area contributed by atoms with E-state index >= 15 is 0 Å². The molecular formula is C13H22ClN3OS. The number of carbonyl (C=O) groups excluding carboxylic acids is 1. The summed E-state index contributed by atoms with van der Waals surface area (Å²) in [5.41, 5.74) is 6.71. The second-order valence-corrected chi connectivity index (χ2v) is 6.67. The van der Waals surface area contributed by atoms with Gasteiger partial charge >= 0.3 is 0 Å². The predicted molar refractivity (Wildman–Crippen MR) is 82.1 cm³/mol. The fourth-order valence-corrected chi connectivity index (χ4v) is 2.98. The van der Waals surface area contributed by atoms with Gasteiger partial charge in [-0.3, -0.25) is 4.79 Å². The normalized spacial score (nSPS) is 18.4. The maximum Gasteiger partial charge on any atom is 0.231 e. The van der Waals surface area contributed by atoms with E-state index in [1.807, 2.05) is 20.8 Å². The molecule has 0 radical (unpaired) electrons. The van der Waals surface area contributed by atoms with Crippen molar-refractivity contribution in [2.24, 2.45) is 11.1 Å². The summed E-state index contributed by atoms with van der Waals surface area (Å²) in [5, 5.41) is 3.66. The summed E-state index contributed by atoms with van der Waals surface area (Å²) in [6.45, 7) is 5.92. The van der Waals surface area contributed by atoms with E-state index in [4.69, 9.17) is 5.73 Å². The number of hydrogen-bond acceptors (Lipinski definition) is 4. The third-order valence-electron chi connectivity index (χ3n) is 3.70. The molecule has 1 amide bonds. The van der Waals surface area contributed by atoms with Gasteiger partial charge in [0.15, 0.2) is 5.13 Å². The number of halogens is 1. The number of aromatic nitrogens is 1. The topological polar surface area (TPSA) is 68.0 Å². The fourth-order valence-electron chi connectivity index (χ4n) is 1.88. The van der Waals surface area contributed by atoms with Crippen LogP contribution in [0, 0.1) is 5.41 Å². The molecule has 108 valence electrons. The smallest absolute Gasteiger partial charge is 0.231 e. The van der Waals surface area contributed by atoms with Crippen LogP contribution in [0.5, 0.6) is 0 Å². The molecule has 1 aromatic heterocycles. The first-order valence-electron chi connectivity index (χ1n) is 6.48. The van der Waals surface area contributed by atoms with E-state index in [1.54, 1.807) is 11.3 Å². The molecule has 0 aromatic carbocycles. The molecule has 1 heterocycles. The van der Waals surface area contributed by atoms with Crippen LogP contribution in [0.15, 0.2) is 0 Å². The van der Waals surface area contributed by atoms with Gasteiger partial charge in [0.1, 0.15) is 0 Å². The zero-order chi connectivity index (χ0) is 13.3. The Morgan fingerprint density at radius 1 is 1.58 bits per heavy atom. The summed E-state index contributed by atoms with van der Waals surface area (Å²) in [6, 6.07) is 0.244. The van der Waals surface area contributed by atoms with Gasteiger partial charge in [-0.1, -0.05) is 20.8 Å². The van der Waals surface area contributed by atoms with Crippen molar-refractivity contribution >= 4 is 34.8 Å². The number of fused-ring (bicyclic) bond motifs is 1. The SMILES string of the molecule is CCC(C)(C)C(=O)Nc1nc2c(s1)C[C@@H](N)CC2.Cl. The Labute approximate surface area is 124 Å². The number of nitrogens with two attached hydrogens (primary N) is 1. The van der Waals surface area contributed by atoms with E-state index in [2.05, 4.69) is 10.3 Å². The molecular weight excluding hydrogens is 282 g/mol. The highest BCUT2D eigenvalue weighted by Gasteiger charge is 2.27. The average molecular weight is 304 g/mol. The summed E-state index contributed by atoms with van der Waals surface area (Å²) in [5.74, 6) is 0.0420. The van der Waals surface area contributed by atoms with Crippen molar-refractivity contribution < 1.29 is 4.79 Å². The third kappa shape index (κ3) is 3.68. The van der Waals surface area contributed by atoms with E-state index in [9.17, 15) is 4.79 Å². The van der Waals surface area contributed by atoms with Gasteiger partial charge in [-0.05, 0) is 25.7 Å². The van der Waals surface area contributed by atoms with Gasteiger partial charge in [0.05, 0.1) is 5.69 Å². The first-order valence-corrected chi connectivity index (χ1v) is 7.29. The van der Waals surface area contributed by atoms with Crippen molar-refractivity contribution in [3.8, 4) is 0 Å². The van der Waals surface area contributed by atoms with Crippen molar-refractivity contribution in [3.63, 3.8) is 0 Å². The molecule has 2 rings (SSSR count). The predicted octanol–water partition coefficient (Wildman–Crippen LogP) is 2.76. The highest BCUT2D eigenvalue weighted by molar-refractivity contribution is 7.15. The van der Waals surface area contributed by atoms with Gasteiger partial charge in [0, 0.05) is 16.3 Å². The number of nitrogens with one attached hydrogen (secondary N) is 1. The number of thiazole rings is 1. The number of rotatable bonds is 3. The molecule has 1 aromatic rings. The quantitative estimate of drug-likeness (QED) is 0.902. The van der Waals surface area contributed by atoms with Crippen LogP contribution < -0.4 is 11.1 Å². The van der Waals surface area contributed by atoms with Gasteiger partial charge in [-0.2, -0.15) is 0 Å². The molecule has 0 fully saturated rings. The van der Waals surface area contributed by atoms with Crippen molar-refractivity contribution in [1.29, 1.82) is 0 Å². The average Bonchev–Trinajstić information content (AvgIpc) is 2.70. The van der Waals surface area contributed by atoms with Gasteiger partial charge in [-0.15, -0.1) is 23.7 Å². The number of amides is 1. The molecule has 3 N–H and O–H groups in total. The number of anilines is 1. The van der Waals surface area contributed by atoms with Gasteiger partial charge in [-0.25, -0.2) is 4.98 Å². The molecule has 0 saturated heterocycles. The minimum absolute atomic E-state index is 0. The number of aryl methyl sites for hydroxylation is 1. The summed E-state index contributed by atoms with van der Waals surface area (Å²) in [6.07, 6.45) is 3.62. The molecule has 6 heteroatoms. The first-order chi connectivity index (χ1) is 8.42. The molecule has 0 unspecified atom stereocenters. The summed E-state index contributed by atoms with van der Waals surface area (Å²) in [4.78, 5) is 17.8. The standard InChI is InChI=1S/C13H21N3OS.ClH/c1-4-13(2,3)11(17)16-12-15-9-6-5-8(14)7-10(9)18-12;/h8H,4-7,14H2,1-3H3,(H,15,16,17);1H/t8-;/m0./s1. The first kappa shape index (κ1) is 16.4. The van der Waals surface area contributed by atoms with Crippen LogP contribution >= 0.6 is 23.7 Å².